The molecular weight excluding hydrogens is 320 g/mol. The van der Waals surface area contributed by atoms with Crippen molar-refractivity contribution in [2.75, 3.05) is 45.1 Å². The van der Waals surface area contributed by atoms with Crippen LogP contribution in [0.25, 0.3) is 0 Å². The summed E-state index contributed by atoms with van der Waals surface area (Å²) in [5.74, 6) is -0.415. The molecule has 0 aromatic heterocycles. The third kappa shape index (κ3) is 6.93. The maximum Gasteiger partial charge on any atom is 0.251 e. The third-order valence-corrected chi connectivity index (χ3v) is 3.68. The minimum atomic E-state index is -0.233. The topological polar surface area (TPSA) is 81.8 Å². The van der Waals surface area contributed by atoms with Gasteiger partial charge in [0.15, 0.2) is 0 Å². The molecule has 0 atom stereocenters. The smallest absolute Gasteiger partial charge is 0.251 e. The Kier molecular flexibility index (Phi) is 8.63. The normalized spacial score (nSPS) is 10.4. The molecule has 7 nitrogen and oxygen atoms in total. The van der Waals surface area contributed by atoms with Crippen LogP contribution < -0.4 is 10.6 Å². The molecule has 0 aliphatic rings. The predicted molar refractivity (Wildman–Crippen MR) is 98.5 cm³/mol. The van der Waals surface area contributed by atoms with Crippen molar-refractivity contribution in [3.8, 4) is 0 Å². The lowest BCUT2D eigenvalue weighted by Crippen LogP contribution is -2.41. The number of nitrogens with one attached hydrogen (secondary N) is 2. The highest BCUT2D eigenvalue weighted by atomic mass is 16.2. The Labute approximate surface area is 149 Å². The van der Waals surface area contributed by atoms with Gasteiger partial charge >= 0.3 is 0 Å². The van der Waals surface area contributed by atoms with E-state index in [1.54, 1.807) is 41.1 Å². The van der Waals surface area contributed by atoms with Gasteiger partial charge in [-0.2, -0.15) is 0 Å². The summed E-state index contributed by atoms with van der Waals surface area (Å²) in [6.07, 6.45) is 0. The van der Waals surface area contributed by atoms with Gasteiger partial charge in [0.2, 0.25) is 11.8 Å². The highest BCUT2D eigenvalue weighted by Gasteiger charge is 2.15. The van der Waals surface area contributed by atoms with E-state index in [1.807, 2.05) is 20.8 Å². The Morgan fingerprint density at radius 2 is 1.72 bits per heavy atom. The monoisotopic (exact) mass is 348 g/mol. The van der Waals surface area contributed by atoms with E-state index >= 15 is 0 Å². The number of rotatable bonds is 9. The van der Waals surface area contributed by atoms with Gasteiger partial charge in [-0.05, 0) is 46.0 Å². The van der Waals surface area contributed by atoms with Gasteiger partial charge in [0, 0.05) is 30.9 Å². The third-order valence-electron chi connectivity index (χ3n) is 3.68. The van der Waals surface area contributed by atoms with Gasteiger partial charge in [0.05, 0.1) is 13.1 Å². The summed E-state index contributed by atoms with van der Waals surface area (Å²) in [6.45, 7) is 7.83. The Morgan fingerprint density at radius 1 is 1.04 bits per heavy atom. The van der Waals surface area contributed by atoms with Crippen molar-refractivity contribution in [3.63, 3.8) is 0 Å². The molecule has 138 valence electrons. The first-order valence-electron chi connectivity index (χ1n) is 8.55. The molecule has 25 heavy (non-hydrogen) atoms. The minimum Gasteiger partial charge on any atom is -0.352 e. The molecule has 0 aliphatic carbocycles. The van der Waals surface area contributed by atoms with Crippen molar-refractivity contribution in [2.24, 2.45) is 0 Å². The van der Waals surface area contributed by atoms with Crippen LogP contribution in [0.2, 0.25) is 0 Å². The zero-order valence-electron chi connectivity index (χ0n) is 15.5. The van der Waals surface area contributed by atoms with Crippen LogP contribution >= 0.6 is 0 Å². The fourth-order valence-electron chi connectivity index (χ4n) is 2.41. The molecule has 0 saturated heterocycles. The molecule has 0 spiro atoms. The van der Waals surface area contributed by atoms with Crippen LogP contribution in [-0.4, -0.2) is 67.3 Å². The fraction of sp³-hybridized carbons (Fsp3) is 0.500. The number of carbonyl (C=O) groups is 3. The Bertz CT molecular complexity index is 600. The summed E-state index contributed by atoms with van der Waals surface area (Å²) in [5, 5.41) is 5.47. The van der Waals surface area contributed by atoms with E-state index in [1.165, 1.54) is 0 Å². The number of nitrogens with zero attached hydrogens (tertiary/aromatic N) is 2. The summed E-state index contributed by atoms with van der Waals surface area (Å²) < 4.78 is 0. The molecule has 0 aliphatic heterocycles. The lowest BCUT2D eigenvalue weighted by atomic mass is 10.2. The summed E-state index contributed by atoms with van der Waals surface area (Å²) in [5.41, 5.74) is 1.04. The summed E-state index contributed by atoms with van der Waals surface area (Å²) in [7, 11) is 1.73. The van der Waals surface area contributed by atoms with Gasteiger partial charge in [-0.1, -0.05) is 6.07 Å². The standard InChI is InChI=1S/C18H28N4O3/c1-5-19-18(25)14-9-8-10-15(11-14)20-16(23)12-21(4)13-17(24)22(6-2)7-3/h8-11H,5-7,12-13H2,1-4H3,(H,19,25)(H,20,23). The first kappa shape index (κ1) is 20.6. The van der Waals surface area contributed by atoms with Crippen LogP contribution in [0.15, 0.2) is 24.3 Å². The van der Waals surface area contributed by atoms with Crippen LogP contribution in [0, 0.1) is 0 Å². The highest BCUT2D eigenvalue weighted by molar-refractivity contribution is 5.97. The number of amides is 3. The Morgan fingerprint density at radius 3 is 2.32 bits per heavy atom. The largest absolute Gasteiger partial charge is 0.352 e. The van der Waals surface area contributed by atoms with Gasteiger partial charge in [-0.15, -0.1) is 0 Å². The number of likely N-dealkylation sites (N-methyl/N-ethyl adjacent to an activating group) is 2. The van der Waals surface area contributed by atoms with E-state index in [9.17, 15) is 14.4 Å². The van der Waals surface area contributed by atoms with E-state index in [0.29, 0.717) is 30.9 Å². The first-order chi connectivity index (χ1) is 11.9. The lowest BCUT2D eigenvalue weighted by molar-refractivity contribution is -0.132. The molecule has 3 amide bonds. The molecule has 7 heteroatoms. The summed E-state index contributed by atoms with van der Waals surface area (Å²) in [6, 6.07) is 6.76. The predicted octanol–water partition coefficient (Wildman–Crippen LogP) is 1.18. The molecule has 1 aromatic rings. The van der Waals surface area contributed by atoms with Crippen molar-refractivity contribution in [1.29, 1.82) is 0 Å². The molecule has 1 rings (SSSR count). The number of hydrogen-bond acceptors (Lipinski definition) is 4. The van der Waals surface area contributed by atoms with Crippen molar-refractivity contribution in [3.05, 3.63) is 29.8 Å². The molecule has 2 N–H and O–H groups in total. The number of anilines is 1. The fourth-order valence-corrected chi connectivity index (χ4v) is 2.41. The minimum absolute atomic E-state index is 0.00136. The number of hydrogen-bond donors (Lipinski definition) is 2. The maximum absolute atomic E-state index is 12.1. The van der Waals surface area contributed by atoms with Gasteiger partial charge in [-0.3, -0.25) is 19.3 Å². The van der Waals surface area contributed by atoms with E-state index < -0.39 is 0 Å². The van der Waals surface area contributed by atoms with Crippen molar-refractivity contribution in [1.82, 2.24) is 15.1 Å². The van der Waals surface area contributed by atoms with Gasteiger partial charge in [0.1, 0.15) is 0 Å². The zero-order valence-corrected chi connectivity index (χ0v) is 15.5. The molecular formula is C18H28N4O3. The van der Waals surface area contributed by atoms with E-state index in [2.05, 4.69) is 10.6 Å². The molecule has 0 fully saturated rings. The maximum atomic E-state index is 12.1. The van der Waals surface area contributed by atoms with Crippen LogP contribution in [0.3, 0.4) is 0 Å². The van der Waals surface area contributed by atoms with E-state index in [0.717, 1.165) is 0 Å². The molecule has 1 aromatic carbocycles. The summed E-state index contributed by atoms with van der Waals surface area (Å²) >= 11 is 0. The van der Waals surface area contributed by atoms with Crippen LogP contribution in [-0.2, 0) is 9.59 Å². The molecule has 0 bridgehead atoms. The summed E-state index contributed by atoms with van der Waals surface area (Å²) in [4.78, 5) is 39.4. The average molecular weight is 348 g/mol. The number of carbonyl (C=O) groups excluding carboxylic acids is 3. The second-order valence-corrected chi connectivity index (χ2v) is 5.73. The molecule has 0 heterocycles. The van der Waals surface area contributed by atoms with Crippen LogP contribution in [0.4, 0.5) is 5.69 Å². The van der Waals surface area contributed by atoms with Crippen LogP contribution in [0.5, 0.6) is 0 Å². The molecule has 0 saturated carbocycles. The van der Waals surface area contributed by atoms with Gasteiger partial charge < -0.3 is 15.5 Å². The highest BCUT2D eigenvalue weighted by Crippen LogP contribution is 2.10. The van der Waals surface area contributed by atoms with Crippen molar-refractivity contribution < 1.29 is 14.4 Å². The first-order valence-corrected chi connectivity index (χ1v) is 8.55. The van der Waals surface area contributed by atoms with Gasteiger partial charge in [-0.25, -0.2) is 0 Å². The van der Waals surface area contributed by atoms with Crippen molar-refractivity contribution >= 4 is 23.4 Å². The second kappa shape index (κ2) is 10.5. The van der Waals surface area contributed by atoms with E-state index in [-0.39, 0.29) is 30.8 Å². The van der Waals surface area contributed by atoms with Gasteiger partial charge in [0.25, 0.3) is 5.91 Å². The quantitative estimate of drug-likeness (QED) is 0.702. The van der Waals surface area contributed by atoms with E-state index in [4.69, 9.17) is 0 Å². The Hall–Kier alpha value is -2.41. The Balaban J connectivity index is 2.57. The SMILES string of the molecule is CCNC(=O)c1cccc(NC(=O)CN(C)CC(=O)N(CC)CC)c1. The average Bonchev–Trinajstić information content (AvgIpc) is 2.56. The van der Waals surface area contributed by atoms with Crippen molar-refractivity contribution in [2.45, 2.75) is 20.8 Å². The molecule has 0 unspecified atom stereocenters. The lowest BCUT2D eigenvalue weighted by Gasteiger charge is -2.22. The second-order valence-electron chi connectivity index (χ2n) is 5.73. The zero-order chi connectivity index (χ0) is 18.8. The molecule has 0 radical (unpaired) electrons. The van der Waals surface area contributed by atoms with Crippen LogP contribution in [0.1, 0.15) is 31.1 Å². The number of benzene rings is 1.